The molecule has 0 radical (unpaired) electrons. The van der Waals surface area contributed by atoms with Gasteiger partial charge in [-0.3, -0.25) is 4.79 Å². The predicted octanol–water partition coefficient (Wildman–Crippen LogP) is 3.69. The number of carbonyl (C=O) groups excluding carboxylic acids is 1. The Bertz CT molecular complexity index is 793. The maximum atomic E-state index is 13.4. The minimum absolute atomic E-state index is 0.0436. The monoisotopic (exact) mass is 343 g/mol. The maximum Gasteiger partial charge on any atom is 0.417 e. The van der Waals surface area contributed by atoms with E-state index in [2.05, 4.69) is 4.98 Å². The molecule has 2 aromatic rings. The van der Waals surface area contributed by atoms with E-state index in [1.165, 1.54) is 13.0 Å². The molecule has 0 aliphatic carbocycles. The average molecular weight is 343 g/mol. The van der Waals surface area contributed by atoms with E-state index in [0.717, 1.165) is 6.07 Å². The highest BCUT2D eigenvalue weighted by Crippen LogP contribution is 2.38. The highest BCUT2D eigenvalue weighted by Gasteiger charge is 2.35. The lowest BCUT2D eigenvalue weighted by molar-refractivity contribution is -0.143. The van der Waals surface area contributed by atoms with E-state index in [1.807, 2.05) is 0 Å². The molecule has 1 aromatic carbocycles. The van der Waals surface area contributed by atoms with Gasteiger partial charge >= 0.3 is 18.1 Å². The number of benzene rings is 1. The first-order chi connectivity index (χ1) is 11.1. The molecule has 0 atom stereocenters. The third kappa shape index (κ3) is 3.52. The molecule has 0 saturated heterocycles. The van der Waals surface area contributed by atoms with E-state index >= 15 is 0 Å². The second-order valence-corrected chi connectivity index (χ2v) is 5.32. The second kappa shape index (κ2) is 6.54. The van der Waals surface area contributed by atoms with E-state index in [1.54, 1.807) is 6.92 Å². The zero-order valence-corrected chi connectivity index (χ0v) is 13.1. The van der Waals surface area contributed by atoms with Gasteiger partial charge in [-0.05, 0) is 43.5 Å². The molecule has 0 fully saturated rings. The summed E-state index contributed by atoms with van der Waals surface area (Å²) in [4.78, 5) is 25.4. The Hall–Kier alpha value is -2.51. The first-order valence-electron chi connectivity index (χ1n) is 7.26. The number of H-pyrrole nitrogens is 1. The van der Waals surface area contributed by atoms with E-state index in [9.17, 15) is 27.9 Å². The minimum Gasteiger partial charge on any atom is -0.477 e. The zero-order valence-electron chi connectivity index (χ0n) is 13.1. The van der Waals surface area contributed by atoms with Crippen LogP contribution in [-0.4, -0.2) is 28.6 Å². The average Bonchev–Trinajstić information content (AvgIpc) is 2.82. The number of carboxylic acid groups (broad SMARTS) is 1. The van der Waals surface area contributed by atoms with Crippen LogP contribution in [0, 0.1) is 6.92 Å². The summed E-state index contributed by atoms with van der Waals surface area (Å²) < 4.78 is 44.8. The molecule has 130 valence electrons. The van der Waals surface area contributed by atoms with Crippen molar-refractivity contribution in [3.63, 3.8) is 0 Å². The zero-order chi connectivity index (χ0) is 18.1. The van der Waals surface area contributed by atoms with Crippen molar-refractivity contribution in [2.45, 2.75) is 32.9 Å². The van der Waals surface area contributed by atoms with Gasteiger partial charge in [0.25, 0.3) is 0 Å². The third-order valence-electron chi connectivity index (χ3n) is 3.55. The summed E-state index contributed by atoms with van der Waals surface area (Å²) in [5, 5.41) is 9.06. The molecule has 24 heavy (non-hydrogen) atoms. The van der Waals surface area contributed by atoms with Gasteiger partial charge < -0.3 is 14.8 Å². The number of aromatic amines is 1. The number of hydrogen-bond donors (Lipinski definition) is 2. The quantitative estimate of drug-likeness (QED) is 0.812. The van der Waals surface area contributed by atoms with Gasteiger partial charge in [-0.2, -0.15) is 13.2 Å². The van der Waals surface area contributed by atoms with Crippen molar-refractivity contribution >= 4 is 22.8 Å². The van der Waals surface area contributed by atoms with Crippen molar-refractivity contribution in [3.05, 3.63) is 34.5 Å². The number of aryl methyl sites for hydroxylation is 2. The van der Waals surface area contributed by atoms with Crippen molar-refractivity contribution in [1.29, 1.82) is 0 Å². The van der Waals surface area contributed by atoms with Crippen LogP contribution in [0.2, 0.25) is 0 Å². The molecule has 0 spiro atoms. The number of carboxylic acids is 1. The van der Waals surface area contributed by atoms with Crippen molar-refractivity contribution in [2.75, 3.05) is 6.61 Å². The first kappa shape index (κ1) is 17.8. The molecule has 0 bridgehead atoms. The van der Waals surface area contributed by atoms with E-state index < -0.39 is 23.7 Å². The molecule has 0 aliphatic heterocycles. The van der Waals surface area contributed by atoms with Gasteiger partial charge in [0, 0.05) is 17.3 Å². The van der Waals surface area contributed by atoms with Crippen molar-refractivity contribution < 1.29 is 32.6 Å². The number of rotatable bonds is 5. The van der Waals surface area contributed by atoms with Gasteiger partial charge in [0.05, 0.1) is 12.2 Å². The maximum absolute atomic E-state index is 13.4. The fraction of sp³-hybridized carbons (Fsp3) is 0.375. The van der Waals surface area contributed by atoms with Gasteiger partial charge in [0.15, 0.2) is 0 Å². The van der Waals surface area contributed by atoms with Crippen LogP contribution in [-0.2, 0) is 22.1 Å². The van der Waals surface area contributed by atoms with Gasteiger partial charge in [-0.25, -0.2) is 4.79 Å². The van der Waals surface area contributed by atoms with Gasteiger partial charge in [0.1, 0.15) is 5.69 Å². The van der Waals surface area contributed by atoms with E-state index in [0.29, 0.717) is 5.56 Å². The third-order valence-corrected chi connectivity index (χ3v) is 3.55. The Morgan fingerprint density at radius 2 is 1.96 bits per heavy atom. The van der Waals surface area contributed by atoms with Crippen LogP contribution in [0.25, 0.3) is 10.9 Å². The van der Waals surface area contributed by atoms with Crippen molar-refractivity contribution in [1.82, 2.24) is 4.98 Å². The number of nitrogens with one attached hydrogen (secondary N) is 1. The number of aromatic nitrogens is 1. The highest BCUT2D eigenvalue weighted by atomic mass is 19.4. The normalized spacial score (nSPS) is 11.7. The van der Waals surface area contributed by atoms with Crippen LogP contribution in [0.3, 0.4) is 0 Å². The fourth-order valence-electron chi connectivity index (χ4n) is 2.66. The van der Waals surface area contributed by atoms with Crippen molar-refractivity contribution in [3.8, 4) is 0 Å². The number of fused-ring (bicyclic) bond motifs is 1. The van der Waals surface area contributed by atoms with Gasteiger partial charge in [0.2, 0.25) is 0 Å². The van der Waals surface area contributed by atoms with Gasteiger partial charge in [-0.1, -0.05) is 0 Å². The summed E-state index contributed by atoms with van der Waals surface area (Å²) in [5.74, 6) is -1.97. The second-order valence-electron chi connectivity index (χ2n) is 5.32. The summed E-state index contributed by atoms with van der Waals surface area (Å²) in [6.07, 6.45) is -5.00. The predicted molar refractivity (Wildman–Crippen MR) is 80.0 cm³/mol. The molecule has 5 nitrogen and oxygen atoms in total. The summed E-state index contributed by atoms with van der Waals surface area (Å²) in [5.41, 5.74) is -0.869. The molecule has 1 aromatic heterocycles. The van der Waals surface area contributed by atoms with E-state index in [4.69, 9.17) is 4.74 Å². The van der Waals surface area contributed by atoms with E-state index in [-0.39, 0.29) is 41.6 Å². The Morgan fingerprint density at radius 3 is 2.50 bits per heavy atom. The van der Waals surface area contributed by atoms with Gasteiger partial charge in [-0.15, -0.1) is 0 Å². The number of ether oxygens (including phenoxy) is 1. The minimum atomic E-state index is -4.64. The Balaban J connectivity index is 2.63. The molecular formula is C16H16F3NO4. The number of esters is 1. The Kier molecular flexibility index (Phi) is 4.86. The number of alkyl halides is 3. The van der Waals surface area contributed by atoms with Crippen LogP contribution >= 0.6 is 0 Å². The Morgan fingerprint density at radius 1 is 1.29 bits per heavy atom. The molecule has 8 heteroatoms. The lowest BCUT2D eigenvalue weighted by atomic mass is 9.99. The molecule has 0 saturated carbocycles. The van der Waals surface area contributed by atoms with Crippen molar-refractivity contribution in [2.24, 2.45) is 0 Å². The Labute approximate surface area is 135 Å². The first-order valence-corrected chi connectivity index (χ1v) is 7.26. The molecule has 0 amide bonds. The molecule has 2 rings (SSSR count). The summed E-state index contributed by atoms with van der Waals surface area (Å²) >= 11 is 0. The molecule has 2 N–H and O–H groups in total. The van der Waals surface area contributed by atoms with Crippen LogP contribution in [0.5, 0.6) is 0 Å². The molecule has 0 unspecified atom stereocenters. The molecule has 0 aliphatic rings. The summed E-state index contributed by atoms with van der Waals surface area (Å²) in [6.45, 7) is 3.25. The van der Waals surface area contributed by atoms with Crippen LogP contribution in [0.4, 0.5) is 13.2 Å². The standard InChI is InChI=1S/C16H16F3NO4/c1-3-24-12(21)5-4-9-13-10(16(17,18)19)6-8(2)7-11(13)20-14(9)15(22)23/h6-7,20H,3-5H2,1-2H3,(H,22,23). The number of carbonyl (C=O) groups is 2. The highest BCUT2D eigenvalue weighted by molar-refractivity contribution is 5.99. The summed E-state index contributed by atoms with van der Waals surface area (Å²) in [7, 11) is 0. The molecular weight excluding hydrogens is 327 g/mol. The fourth-order valence-corrected chi connectivity index (χ4v) is 2.66. The number of halogens is 3. The SMILES string of the molecule is CCOC(=O)CCc1c(C(=O)O)[nH]c2cc(C)cc(C(F)(F)F)c12. The van der Waals surface area contributed by atoms with Crippen LogP contribution in [0.1, 0.15) is 40.5 Å². The lowest BCUT2D eigenvalue weighted by Gasteiger charge is -2.11. The van der Waals surface area contributed by atoms with Crippen LogP contribution < -0.4 is 0 Å². The van der Waals surface area contributed by atoms with Crippen LogP contribution in [0.15, 0.2) is 12.1 Å². The topological polar surface area (TPSA) is 79.4 Å². The molecule has 1 heterocycles. The lowest BCUT2D eigenvalue weighted by Crippen LogP contribution is -2.10. The number of hydrogen-bond acceptors (Lipinski definition) is 3. The largest absolute Gasteiger partial charge is 0.477 e. The summed E-state index contributed by atoms with van der Waals surface area (Å²) in [6, 6.07) is 2.42. The number of aromatic carboxylic acids is 1. The smallest absolute Gasteiger partial charge is 0.417 e.